The summed E-state index contributed by atoms with van der Waals surface area (Å²) in [4.78, 5) is -0.273. The van der Waals surface area contributed by atoms with E-state index in [0.717, 1.165) is 19.4 Å². The summed E-state index contributed by atoms with van der Waals surface area (Å²) < 4.78 is 5.41. The van der Waals surface area contributed by atoms with Gasteiger partial charge in [0.15, 0.2) is 0 Å². The highest BCUT2D eigenvalue weighted by Crippen LogP contribution is 2.26. The maximum absolute atomic E-state index is 5.61. The summed E-state index contributed by atoms with van der Waals surface area (Å²) in [7, 11) is 0. The van der Waals surface area contributed by atoms with Gasteiger partial charge in [-0.2, -0.15) is 0 Å². The molecule has 0 aromatic carbocycles. The lowest BCUT2D eigenvalue weighted by molar-refractivity contribution is 0.0900. The zero-order chi connectivity index (χ0) is 7.56. The Bertz CT molecular complexity index is 106. The third kappa shape index (κ3) is 2.30. The van der Waals surface area contributed by atoms with E-state index in [1.54, 1.807) is 0 Å². The number of ether oxygens (including phenoxy) is 1. The van der Waals surface area contributed by atoms with Crippen molar-refractivity contribution in [1.82, 2.24) is 0 Å². The molecule has 1 aliphatic rings. The van der Waals surface area contributed by atoms with Crippen LogP contribution in [0.15, 0.2) is 0 Å². The molecule has 60 valence electrons. The standard InChI is InChI=1S/C7H12Cl2O/c1-5-2-3-10-6(5)4-7(8)9/h5-7H,2-4H2,1H3/t5-,6+/m0/s1. The molecule has 0 unspecified atom stereocenters. The molecule has 0 radical (unpaired) electrons. The topological polar surface area (TPSA) is 9.23 Å². The molecule has 0 amide bonds. The van der Waals surface area contributed by atoms with E-state index < -0.39 is 0 Å². The lowest BCUT2D eigenvalue weighted by atomic mass is 10.0. The van der Waals surface area contributed by atoms with Crippen LogP contribution in [0.2, 0.25) is 0 Å². The molecule has 2 atom stereocenters. The Balaban J connectivity index is 2.26. The zero-order valence-corrected chi connectivity index (χ0v) is 7.53. The second-order valence-corrected chi connectivity index (χ2v) is 4.08. The molecule has 0 aromatic heterocycles. The van der Waals surface area contributed by atoms with E-state index in [1.807, 2.05) is 0 Å². The highest BCUT2D eigenvalue weighted by molar-refractivity contribution is 6.44. The van der Waals surface area contributed by atoms with Crippen molar-refractivity contribution >= 4 is 23.2 Å². The first-order valence-corrected chi connectivity index (χ1v) is 4.47. The minimum Gasteiger partial charge on any atom is -0.378 e. The maximum atomic E-state index is 5.61. The van der Waals surface area contributed by atoms with Gasteiger partial charge in [-0.15, -0.1) is 23.2 Å². The van der Waals surface area contributed by atoms with Crippen molar-refractivity contribution in [1.29, 1.82) is 0 Å². The SMILES string of the molecule is C[C@H]1CCO[C@@H]1CC(Cl)Cl. The van der Waals surface area contributed by atoms with Crippen molar-refractivity contribution in [3.05, 3.63) is 0 Å². The van der Waals surface area contributed by atoms with Crippen LogP contribution in [0.25, 0.3) is 0 Å². The fraction of sp³-hybridized carbons (Fsp3) is 1.00. The van der Waals surface area contributed by atoms with Gasteiger partial charge in [-0.3, -0.25) is 0 Å². The third-order valence-corrected chi connectivity index (χ3v) is 2.31. The summed E-state index contributed by atoms with van der Waals surface area (Å²) in [5.74, 6) is 0.625. The molecule has 0 N–H and O–H groups in total. The molecule has 1 aliphatic heterocycles. The van der Waals surface area contributed by atoms with E-state index in [4.69, 9.17) is 27.9 Å². The Morgan fingerprint density at radius 1 is 1.60 bits per heavy atom. The second-order valence-electron chi connectivity index (χ2n) is 2.80. The van der Waals surface area contributed by atoms with Crippen LogP contribution in [-0.4, -0.2) is 17.5 Å². The number of hydrogen-bond acceptors (Lipinski definition) is 1. The van der Waals surface area contributed by atoms with Gasteiger partial charge in [0.2, 0.25) is 0 Å². The summed E-state index contributed by atoms with van der Waals surface area (Å²) in [6.07, 6.45) is 2.20. The van der Waals surface area contributed by atoms with Gasteiger partial charge in [0, 0.05) is 13.0 Å². The highest BCUT2D eigenvalue weighted by atomic mass is 35.5. The molecule has 10 heavy (non-hydrogen) atoms. The van der Waals surface area contributed by atoms with Gasteiger partial charge in [-0.05, 0) is 12.3 Å². The molecular formula is C7H12Cl2O. The smallest absolute Gasteiger partial charge is 0.110 e. The zero-order valence-electron chi connectivity index (χ0n) is 6.02. The van der Waals surface area contributed by atoms with E-state index >= 15 is 0 Å². The van der Waals surface area contributed by atoms with Gasteiger partial charge in [0.05, 0.1) is 6.10 Å². The van der Waals surface area contributed by atoms with Crippen LogP contribution >= 0.6 is 23.2 Å². The molecule has 3 heteroatoms. The first-order chi connectivity index (χ1) is 4.70. The lowest BCUT2D eigenvalue weighted by Gasteiger charge is -2.13. The summed E-state index contributed by atoms with van der Waals surface area (Å²) in [6, 6.07) is 0. The Hall–Kier alpha value is 0.540. The van der Waals surface area contributed by atoms with Gasteiger partial charge >= 0.3 is 0 Å². The average molecular weight is 183 g/mol. The van der Waals surface area contributed by atoms with Crippen molar-refractivity contribution in [3.8, 4) is 0 Å². The monoisotopic (exact) mass is 182 g/mol. The lowest BCUT2D eigenvalue weighted by Crippen LogP contribution is -2.15. The minimum atomic E-state index is -0.273. The van der Waals surface area contributed by atoms with Crippen LogP contribution in [-0.2, 0) is 4.74 Å². The summed E-state index contributed by atoms with van der Waals surface area (Å²) in [5, 5.41) is 0. The normalized spacial score (nSPS) is 33.6. The first-order valence-electron chi connectivity index (χ1n) is 3.60. The Kier molecular flexibility index (Phi) is 3.28. The quantitative estimate of drug-likeness (QED) is 0.598. The molecule has 1 rings (SSSR count). The van der Waals surface area contributed by atoms with E-state index in [0.29, 0.717) is 12.0 Å². The molecule has 0 aliphatic carbocycles. The second kappa shape index (κ2) is 3.80. The van der Waals surface area contributed by atoms with Gasteiger partial charge < -0.3 is 4.74 Å². The highest BCUT2D eigenvalue weighted by Gasteiger charge is 2.25. The van der Waals surface area contributed by atoms with Crippen LogP contribution < -0.4 is 0 Å². The molecule has 1 saturated heterocycles. The van der Waals surface area contributed by atoms with Crippen LogP contribution in [0, 0.1) is 5.92 Å². The summed E-state index contributed by atoms with van der Waals surface area (Å²) in [6.45, 7) is 3.04. The minimum absolute atomic E-state index is 0.273. The number of alkyl halides is 2. The van der Waals surface area contributed by atoms with Crippen molar-refractivity contribution in [2.24, 2.45) is 5.92 Å². The average Bonchev–Trinajstić information content (AvgIpc) is 2.15. The molecule has 0 spiro atoms. The van der Waals surface area contributed by atoms with Crippen molar-refractivity contribution < 1.29 is 4.74 Å². The van der Waals surface area contributed by atoms with E-state index in [2.05, 4.69) is 6.92 Å². The van der Waals surface area contributed by atoms with Gasteiger partial charge in [-0.1, -0.05) is 6.92 Å². The molecule has 0 aromatic rings. The van der Waals surface area contributed by atoms with Crippen LogP contribution in [0.4, 0.5) is 0 Å². The fourth-order valence-electron chi connectivity index (χ4n) is 1.23. The maximum Gasteiger partial charge on any atom is 0.110 e. The predicted octanol–water partition coefficient (Wildman–Crippen LogP) is 2.61. The largest absolute Gasteiger partial charge is 0.378 e. The van der Waals surface area contributed by atoms with Crippen LogP contribution in [0.1, 0.15) is 19.8 Å². The van der Waals surface area contributed by atoms with Gasteiger partial charge in [0.1, 0.15) is 4.84 Å². The number of hydrogen-bond donors (Lipinski definition) is 0. The first kappa shape index (κ1) is 8.63. The Morgan fingerprint density at radius 2 is 2.30 bits per heavy atom. The number of rotatable bonds is 2. The Labute approximate surface area is 71.6 Å². The fourth-order valence-corrected chi connectivity index (χ4v) is 1.58. The molecule has 0 bridgehead atoms. The summed E-state index contributed by atoms with van der Waals surface area (Å²) in [5.41, 5.74) is 0. The molecule has 1 heterocycles. The van der Waals surface area contributed by atoms with E-state index in [-0.39, 0.29) is 4.84 Å². The van der Waals surface area contributed by atoms with Crippen molar-refractivity contribution in [2.45, 2.75) is 30.7 Å². The molecular weight excluding hydrogens is 171 g/mol. The van der Waals surface area contributed by atoms with E-state index in [9.17, 15) is 0 Å². The Morgan fingerprint density at radius 3 is 2.70 bits per heavy atom. The predicted molar refractivity (Wildman–Crippen MR) is 43.6 cm³/mol. The third-order valence-electron chi connectivity index (χ3n) is 1.95. The van der Waals surface area contributed by atoms with Gasteiger partial charge in [-0.25, -0.2) is 0 Å². The number of halogens is 2. The summed E-state index contributed by atoms with van der Waals surface area (Å²) >= 11 is 11.2. The van der Waals surface area contributed by atoms with Crippen molar-refractivity contribution in [3.63, 3.8) is 0 Å². The van der Waals surface area contributed by atoms with E-state index in [1.165, 1.54) is 0 Å². The van der Waals surface area contributed by atoms with Crippen molar-refractivity contribution in [2.75, 3.05) is 6.61 Å². The van der Waals surface area contributed by atoms with Crippen LogP contribution in [0.3, 0.4) is 0 Å². The van der Waals surface area contributed by atoms with Gasteiger partial charge in [0.25, 0.3) is 0 Å². The molecule has 1 nitrogen and oxygen atoms in total. The molecule has 1 fully saturated rings. The molecule has 0 saturated carbocycles. The van der Waals surface area contributed by atoms with Crippen LogP contribution in [0.5, 0.6) is 0 Å².